The Labute approximate surface area is 120 Å². The molecule has 0 aromatic carbocycles. The van der Waals surface area contributed by atoms with Gasteiger partial charge in [-0.05, 0) is 42.7 Å². The molecule has 0 spiro atoms. The van der Waals surface area contributed by atoms with Gasteiger partial charge in [0.05, 0.1) is 0 Å². The third-order valence-corrected chi connectivity index (χ3v) is 5.34. The van der Waals surface area contributed by atoms with Crippen LogP contribution in [-0.4, -0.2) is 29.7 Å². The predicted molar refractivity (Wildman–Crippen MR) is 81.2 cm³/mol. The van der Waals surface area contributed by atoms with Gasteiger partial charge >= 0.3 is 0 Å². The maximum atomic E-state index is 8.79. The summed E-state index contributed by atoms with van der Waals surface area (Å²) < 4.78 is 0. The molecule has 0 saturated carbocycles. The molecule has 3 heteroatoms. The molecule has 2 nitrogen and oxygen atoms in total. The lowest BCUT2D eigenvalue weighted by Crippen LogP contribution is -2.26. The number of hydrogen-bond acceptors (Lipinski definition) is 3. The number of thiophene rings is 1. The highest BCUT2D eigenvalue weighted by molar-refractivity contribution is 7.10. The number of likely N-dealkylation sites (tertiary alicyclic amines) is 1. The van der Waals surface area contributed by atoms with Gasteiger partial charge in [-0.3, -0.25) is 4.90 Å². The van der Waals surface area contributed by atoms with Crippen molar-refractivity contribution in [3.05, 3.63) is 21.9 Å². The van der Waals surface area contributed by atoms with Crippen LogP contribution in [0.3, 0.4) is 0 Å². The zero-order valence-electron chi connectivity index (χ0n) is 11.9. The van der Waals surface area contributed by atoms with Crippen molar-refractivity contribution in [3.8, 4) is 11.8 Å². The topological polar surface area (TPSA) is 23.5 Å². The van der Waals surface area contributed by atoms with E-state index in [4.69, 9.17) is 5.11 Å². The van der Waals surface area contributed by atoms with Crippen LogP contribution < -0.4 is 0 Å². The van der Waals surface area contributed by atoms with E-state index < -0.39 is 0 Å². The maximum absolute atomic E-state index is 8.79. The van der Waals surface area contributed by atoms with E-state index in [1.165, 1.54) is 37.2 Å². The summed E-state index contributed by atoms with van der Waals surface area (Å²) in [7, 11) is 0. The third kappa shape index (κ3) is 3.39. The minimum absolute atomic E-state index is 0.0617. The number of rotatable bonds is 4. The average Bonchev–Trinajstić information content (AvgIpc) is 3.04. The molecule has 2 rings (SSSR count). The van der Waals surface area contributed by atoms with Crippen LogP contribution in [0, 0.1) is 17.3 Å². The minimum Gasteiger partial charge on any atom is -0.384 e. The smallest absolute Gasteiger partial charge is 0.104 e. The molecule has 0 radical (unpaired) electrons. The Hall–Kier alpha value is -0.820. The van der Waals surface area contributed by atoms with Crippen LogP contribution >= 0.6 is 11.3 Å². The summed E-state index contributed by atoms with van der Waals surface area (Å²) in [6.45, 7) is 7.99. The Morgan fingerprint density at radius 2 is 2.21 bits per heavy atom. The highest BCUT2D eigenvalue weighted by atomic mass is 32.1. The summed E-state index contributed by atoms with van der Waals surface area (Å²) in [5.41, 5.74) is 1.62. The van der Waals surface area contributed by atoms with Crippen molar-refractivity contribution in [2.75, 3.05) is 19.7 Å². The van der Waals surface area contributed by atoms with E-state index in [2.05, 4.69) is 42.0 Å². The van der Waals surface area contributed by atoms with Crippen LogP contribution in [0.15, 0.2) is 11.4 Å². The summed E-state index contributed by atoms with van der Waals surface area (Å²) in [5.74, 6) is 5.80. The Bertz CT molecular complexity index is 465. The van der Waals surface area contributed by atoms with Crippen molar-refractivity contribution in [1.82, 2.24) is 4.90 Å². The average molecular weight is 277 g/mol. The first-order valence-electron chi connectivity index (χ1n) is 7.11. The van der Waals surface area contributed by atoms with Crippen molar-refractivity contribution in [2.24, 2.45) is 5.41 Å². The second-order valence-electron chi connectivity index (χ2n) is 5.39. The van der Waals surface area contributed by atoms with Crippen LogP contribution in [-0.2, 0) is 6.54 Å². The largest absolute Gasteiger partial charge is 0.384 e. The van der Waals surface area contributed by atoms with Gasteiger partial charge < -0.3 is 5.11 Å². The fraction of sp³-hybridized carbons (Fsp3) is 0.625. The van der Waals surface area contributed by atoms with Crippen molar-refractivity contribution in [1.29, 1.82) is 0 Å². The lowest BCUT2D eigenvalue weighted by molar-refractivity contribution is 0.237. The van der Waals surface area contributed by atoms with E-state index in [9.17, 15) is 0 Å². The molecule has 0 bridgehead atoms. The van der Waals surface area contributed by atoms with Gasteiger partial charge in [-0.1, -0.05) is 25.7 Å². The SMILES string of the molecule is CCC1(CC)CCN(Cc2sccc2C#CCO)C1. The zero-order valence-corrected chi connectivity index (χ0v) is 12.7. The van der Waals surface area contributed by atoms with Gasteiger partial charge in [-0.15, -0.1) is 11.3 Å². The van der Waals surface area contributed by atoms with E-state index >= 15 is 0 Å². The van der Waals surface area contributed by atoms with Crippen molar-refractivity contribution in [3.63, 3.8) is 0 Å². The molecule has 104 valence electrons. The molecule has 1 saturated heterocycles. The molecule has 1 aliphatic heterocycles. The molecule has 0 unspecified atom stereocenters. The molecule has 19 heavy (non-hydrogen) atoms. The molecule has 0 aliphatic carbocycles. The molecule has 2 heterocycles. The summed E-state index contributed by atoms with van der Waals surface area (Å²) in [6.07, 6.45) is 3.88. The number of aliphatic hydroxyl groups excluding tert-OH is 1. The van der Waals surface area contributed by atoms with Crippen LogP contribution in [0.25, 0.3) is 0 Å². The van der Waals surface area contributed by atoms with Gasteiger partial charge in [0.15, 0.2) is 0 Å². The first-order chi connectivity index (χ1) is 9.23. The van der Waals surface area contributed by atoms with E-state index in [-0.39, 0.29) is 6.61 Å². The van der Waals surface area contributed by atoms with E-state index in [1.807, 2.05) is 0 Å². The van der Waals surface area contributed by atoms with E-state index in [0.29, 0.717) is 5.41 Å². The van der Waals surface area contributed by atoms with Crippen molar-refractivity contribution < 1.29 is 5.11 Å². The first kappa shape index (κ1) is 14.6. The lowest BCUT2D eigenvalue weighted by Gasteiger charge is -2.26. The second-order valence-corrected chi connectivity index (χ2v) is 6.39. The molecule has 0 amide bonds. The maximum Gasteiger partial charge on any atom is 0.104 e. The van der Waals surface area contributed by atoms with Gasteiger partial charge in [0.25, 0.3) is 0 Å². The molecule has 1 N–H and O–H groups in total. The molecule has 1 aliphatic rings. The van der Waals surface area contributed by atoms with Gasteiger partial charge in [0.1, 0.15) is 6.61 Å². The standard InChI is InChI=1S/C16H23NOS/c1-3-16(4-2)8-9-17(13-16)12-15-14(6-5-10-18)7-11-19-15/h7,11,18H,3-4,8-10,12-13H2,1-2H3. The monoisotopic (exact) mass is 277 g/mol. The summed E-state index contributed by atoms with van der Waals surface area (Å²) in [4.78, 5) is 3.90. The zero-order chi connectivity index (χ0) is 13.7. The highest BCUT2D eigenvalue weighted by Crippen LogP contribution is 2.37. The Balaban J connectivity index is 2.01. The highest BCUT2D eigenvalue weighted by Gasteiger charge is 2.34. The molecule has 1 fully saturated rings. The predicted octanol–water partition coefficient (Wildman–Crippen LogP) is 3.10. The quantitative estimate of drug-likeness (QED) is 0.855. The van der Waals surface area contributed by atoms with Crippen LogP contribution in [0.4, 0.5) is 0 Å². The summed E-state index contributed by atoms with van der Waals surface area (Å²) in [6, 6.07) is 2.06. The fourth-order valence-electron chi connectivity index (χ4n) is 2.90. The second kappa shape index (κ2) is 6.56. The lowest BCUT2D eigenvalue weighted by atomic mass is 9.82. The molecule has 1 aromatic heterocycles. The Morgan fingerprint density at radius 1 is 1.42 bits per heavy atom. The number of aliphatic hydroxyl groups is 1. The van der Waals surface area contributed by atoms with Gasteiger partial charge in [-0.25, -0.2) is 0 Å². The van der Waals surface area contributed by atoms with Crippen LogP contribution in [0.2, 0.25) is 0 Å². The Morgan fingerprint density at radius 3 is 2.84 bits per heavy atom. The van der Waals surface area contributed by atoms with Gasteiger partial charge in [0.2, 0.25) is 0 Å². The fourth-order valence-corrected chi connectivity index (χ4v) is 3.77. The normalized spacial score (nSPS) is 18.3. The summed E-state index contributed by atoms with van der Waals surface area (Å²) in [5, 5.41) is 10.9. The molecule has 0 atom stereocenters. The number of nitrogens with zero attached hydrogens (tertiary/aromatic N) is 1. The molecular weight excluding hydrogens is 254 g/mol. The molecule has 1 aromatic rings. The van der Waals surface area contributed by atoms with Gasteiger partial charge in [-0.2, -0.15) is 0 Å². The number of hydrogen-bond donors (Lipinski definition) is 1. The van der Waals surface area contributed by atoms with Crippen LogP contribution in [0.5, 0.6) is 0 Å². The molecular formula is C16H23NOS. The van der Waals surface area contributed by atoms with Gasteiger partial charge in [0, 0.05) is 23.5 Å². The Kier molecular flexibility index (Phi) is 5.04. The third-order valence-electron chi connectivity index (χ3n) is 4.43. The first-order valence-corrected chi connectivity index (χ1v) is 7.99. The van der Waals surface area contributed by atoms with Crippen LogP contribution in [0.1, 0.15) is 43.6 Å². The van der Waals surface area contributed by atoms with Crippen molar-refractivity contribution in [2.45, 2.75) is 39.7 Å². The van der Waals surface area contributed by atoms with E-state index in [1.54, 1.807) is 11.3 Å². The van der Waals surface area contributed by atoms with Crippen molar-refractivity contribution >= 4 is 11.3 Å². The summed E-state index contributed by atoms with van der Waals surface area (Å²) >= 11 is 1.78. The van der Waals surface area contributed by atoms with E-state index in [0.717, 1.165) is 12.1 Å². The minimum atomic E-state index is -0.0617.